The Kier molecular flexibility index (Phi) is 7.05. The van der Waals surface area contributed by atoms with Crippen molar-refractivity contribution >= 4 is 63.2 Å². The minimum atomic E-state index is -0.159. The molecular formula is C16H16ClN5OS2. The molecule has 130 valence electrons. The minimum Gasteiger partial charge on any atom is -0.358 e. The molecule has 0 saturated heterocycles. The van der Waals surface area contributed by atoms with Gasteiger partial charge in [0.05, 0.1) is 17.6 Å². The van der Waals surface area contributed by atoms with E-state index in [1.807, 2.05) is 0 Å². The van der Waals surface area contributed by atoms with Crippen LogP contribution in [0.25, 0.3) is 0 Å². The van der Waals surface area contributed by atoms with E-state index in [2.05, 4.69) is 27.4 Å². The van der Waals surface area contributed by atoms with Gasteiger partial charge in [-0.2, -0.15) is 5.10 Å². The zero-order valence-corrected chi connectivity index (χ0v) is 15.8. The lowest BCUT2D eigenvalue weighted by molar-refractivity contribution is -0.115. The first-order chi connectivity index (χ1) is 12.0. The van der Waals surface area contributed by atoms with E-state index in [9.17, 15) is 4.79 Å². The van der Waals surface area contributed by atoms with Crippen LogP contribution in [0, 0.1) is 0 Å². The molecule has 0 spiro atoms. The Labute approximate surface area is 160 Å². The molecule has 0 unspecified atom stereocenters. The number of thiocarbonyl (C=S) groups is 1. The number of nitrogens with one attached hydrogen (secondary N) is 2. The second-order valence-electron chi connectivity index (χ2n) is 4.76. The molecule has 0 aliphatic rings. The highest BCUT2D eigenvalue weighted by molar-refractivity contribution is 7.80. The van der Waals surface area contributed by atoms with Crippen LogP contribution in [0.5, 0.6) is 0 Å². The van der Waals surface area contributed by atoms with E-state index in [0.29, 0.717) is 33.2 Å². The number of nitrogens with zero attached hydrogens (tertiary/aromatic N) is 3. The lowest BCUT2D eigenvalue weighted by Crippen LogP contribution is -2.31. The summed E-state index contributed by atoms with van der Waals surface area (Å²) in [5.74, 6) is -0.159. The number of hydrogen-bond donors (Lipinski definition) is 2. The van der Waals surface area contributed by atoms with Crippen LogP contribution in [0.2, 0.25) is 5.02 Å². The maximum Gasteiger partial charge on any atom is 0.230 e. The van der Waals surface area contributed by atoms with Gasteiger partial charge in [0.2, 0.25) is 5.91 Å². The average Bonchev–Trinajstić information content (AvgIpc) is 3.01. The van der Waals surface area contributed by atoms with E-state index >= 15 is 0 Å². The van der Waals surface area contributed by atoms with Crippen molar-refractivity contribution in [1.82, 2.24) is 15.7 Å². The average molecular weight is 394 g/mol. The zero-order chi connectivity index (χ0) is 18.2. The van der Waals surface area contributed by atoms with Crippen molar-refractivity contribution in [2.24, 2.45) is 5.10 Å². The Morgan fingerprint density at radius 3 is 3.04 bits per heavy atom. The Hall–Kier alpha value is -2.29. The number of hydrazone groups is 1. The lowest BCUT2D eigenvalue weighted by atomic mass is 10.3. The van der Waals surface area contributed by atoms with Crippen molar-refractivity contribution < 1.29 is 4.79 Å². The summed E-state index contributed by atoms with van der Waals surface area (Å²) in [6.07, 6.45) is 3.22. The molecule has 9 heteroatoms. The second kappa shape index (κ2) is 9.26. The molecule has 25 heavy (non-hydrogen) atoms. The fourth-order valence-corrected chi connectivity index (χ4v) is 3.00. The lowest BCUT2D eigenvalue weighted by Gasteiger charge is -2.18. The van der Waals surface area contributed by atoms with Crippen molar-refractivity contribution in [3.8, 4) is 0 Å². The number of thiazole rings is 1. The smallest absolute Gasteiger partial charge is 0.230 e. The van der Waals surface area contributed by atoms with E-state index in [4.69, 9.17) is 23.8 Å². The van der Waals surface area contributed by atoms with Gasteiger partial charge in [0.15, 0.2) is 10.2 Å². The topological polar surface area (TPSA) is 69.6 Å². The molecule has 0 aliphatic carbocycles. The molecule has 0 radical (unpaired) electrons. The van der Waals surface area contributed by atoms with E-state index < -0.39 is 0 Å². The fraction of sp³-hybridized carbons (Fsp3) is 0.125. The summed E-state index contributed by atoms with van der Waals surface area (Å²) in [6, 6.07) is 7.04. The number of aromatic nitrogens is 1. The fourth-order valence-electron chi connectivity index (χ4n) is 1.84. The summed E-state index contributed by atoms with van der Waals surface area (Å²) in [5, 5.41) is 10.2. The van der Waals surface area contributed by atoms with E-state index in [1.54, 1.807) is 35.7 Å². The highest BCUT2D eigenvalue weighted by Gasteiger charge is 2.17. The molecule has 2 aromatic rings. The van der Waals surface area contributed by atoms with Gasteiger partial charge in [-0.3, -0.25) is 15.1 Å². The molecule has 1 heterocycles. The number of amides is 1. The predicted octanol–water partition coefficient (Wildman–Crippen LogP) is 3.47. The van der Waals surface area contributed by atoms with Crippen molar-refractivity contribution in [1.29, 1.82) is 0 Å². The summed E-state index contributed by atoms with van der Waals surface area (Å²) < 4.78 is 0. The molecule has 1 amide bonds. The number of benzene rings is 1. The standard InChI is InChI=1S/C16H16ClN5OS2/c1-3-7-18-15(24)21-19-9-13-10-25-16(20-13)22(11(2)23)14-6-4-5-12(17)8-14/h3-6,8-10H,1,7H2,2H3,(H2,18,21,24)/b19-9-. The number of carbonyl (C=O) groups is 1. The van der Waals surface area contributed by atoms with Gasteiger partial charge in [-0.25, -0.2) is 4.98 Å². The van der Waals surface area contributed by atoms with Gasteiger partial charge in [-0.1, -0.05) is 23.7 Å². The van der Waals surface area contributed by atoms with Gasteiger partial charge in [-0.15, -0.1) is 17.9 Å². The van der Waals surface area contributed by atoms with Gasteiger partial charge in [0.1, 0.15) is 0 Å². The molecule has 0 bridgehead atoms. The summed E-state index contributed by atoms with van der Waals surface area (Å²) in [6.45, 7) is 5.61. The van der Waals surface area contributed by atoms with Crippen molar-refractivity contribution in [3.05, 3.63) is 53.0 Å². The molecule has 2 rings (SSSR count). The van der Waals surface area contributed by atoms with Gasteiger partial charge < -0.3 is 5.32 Å². The molecule has 0 fully saturated rings. The Morgan fingerprint density at radius 2 is 2.36 bits per heavy atom. The molecule has 0 aliphatic heterocycles. The maximum atomic E-state index is 12.0. The number of carbonyl (C=O) groups excluding carboxylic acids is 1. The maximum absolute atomic E-state index is 12.0. The second-order valence-corrected chi connectivity index (χ2v) is 6.44. The molecule has 1 aromatic carbocycles. The molecule has 6 nitrogen and oxygen atoms in total. The number of rotatable bonds is 6. The van der Waals surface area contributed by atoms with Gasteiger partial charge in [0.25, 0.3) is 0 Å². The molecule has 0 saturated carbocycles. The van der Waals surface area contributed by atoms with Crippen LogP contribution < -0.4 is 15.6 Å². The van der Waals surface area contributed by atoms with E-state index in [0.717, 1.165) is 0 Å². The van der Waals surface area contributed by atoms with Crippen LogP contribution in [-0.2, 0) is 4.79 Å². The number of anilines is 2. The Morgan fingerprint density at radius 1 is 1.56 bits per heavy atom. The van der Waals surface area contributed by atoms with Crippen LogP contribution in [0.3, 0.4) is 0 Å². The Bertz CT molecular complexity index is 805. The Balaban J connectivity index is 2.11. The number of hydrogen-bond acceptors (Lipinski definition) is 5. The van der Waals surface area contributed by atoms with E-state index in [1.165, 1.54) is 29.4 Å². The quantitative estimate of drug-likeness (QED) is 0.340. The van der Waals surface area contributed by atoms with Crippen LogP contribution in [0.15, 0.2) is 47.4 Å². The van der Waals surface area contributed by atoms with Crippen LogP contribution in [-0.4, -0.2) is 28.8 Å². The largest absolute Gasteiger partial charge is 0.358 e. The first-order valence-electron chi connectivity index (χ1n) is 7.21. The predicted molar refractivity (Wildman–Crippen MR) is 108 cm³/mol. The third kappa shape index (κ3) is 5.63. The third-order valence-corrected chi connectivity index (χ3v) is 4.17. The molecule has 2 N–H and O–H groups in total. The summed E-state index contributed by atoms with van der Waals surface area (Å²) in [4.78, 5) is 17.9. The SMILES string of the molecule is C=CCNC(=S)N/N=C\c1csc(N(C(C)=O)c2cccc(Cl)c2)n1. The van der Waals surface area contributed by atoms with Crippen LogP contribution in [0.1, 0.15) is 12.6 Å². The van der Waals surface area contributed by atoms with Gasteiger partial charge >= 0.3 is 0 Å². The normalized spacial score (nSPS) is 10.5. The van der Waals surface area contributed by atoms with E-state index in [-0.39, 0.29) is 5.91 Å². The molecule has 0 atom stereocenters. The van der Waals surface area contributed by atoms with Gasteiger partial charge in [-0.05, 0) is 30.4 Å². The highest BCUT2D eigenvalue weighted by Crippen LogP contribution is 2.30. The molecule has 1 aromatic heterocycles. The van der Waals surface area contributed by atoms with Gasteiger partial charge in [0, 0.05) is 23.9 Å². The van der Waals surface area contributed by atoms with Crippen LogP contribution >= 0.6 is 35.2 Å². The summed E-state index contributed by atoms with van der Waals surface area (Å²) >= 11 is 12.4. The minimum absolute atomic E-state index is 0.159. The highest BCUT2D eigenvalue weighted by atomic mass is 35.5. The summed E-state index contributed by atoms with van der Waals surface area (Å²) in [5.41, 5.74) is 3.94. The first kappa shape index (κ1) is 19.0. The number of halogens is 1. The molecular weight excluding hydrogens is 378 g/mol. The monoisotopic (exact) mass is 393 g/mol. The zero-order valence-electron chi connectivity index (χ0n) is 13.4. The third-order valence-electron chi connectivity index (χ3n) is 2.85. The van der Waals surface area contributed by atoms with Crippen molar-refractivity contribution in [3.63, 3.8) is 0 Å². The van der Waals surface area contributed by atoms with Crippen LogP contribution in [0.4, 0.5) is 10.8 Å². The van der Waals surface area contributed by atoms with Crippen molar-refractivity contribution in [2.45, 2.75) is 6.92 Å². The van der Waals surface area contributed by atoms with Crippen molar-refractivity contribution in [2.75, 3.05) is 11.4 Å². The summed E-state index contributed by atoms with van der Waals surface area (Å²) in [7, 11) is 0. The first-order valence-corrected chi connectivity index (χ1v) is 8.87.